The van der Waals surface area contributed by atoms with Gasteiger partial charge in [-0.3, -0.25) is 4.79 Å². The molecule has 3 N–H and O–H groups in total. The number of hydrogen-bond acceptors (Lipinski definition) is 4. The predicted octanol–water partition coefficient (Wildman–Crippen LogP) is 1.35. The lowest BCUT2D eigenvalue weighted by Gasteiger charge is -2.14. The number of aliphatic carboxylic acids is 1. The van der Waals surface area contributed by atoms with Crippen LogP contribution in [0, 0.1) is 5.92 Å². The Balaban J connectivity index is 1.96. The molecule has 1 fully saturated rings. The quantitative estimate of drug-likeness (QED) is 0.711. The van der Waals surface area contributed by atoms with Crippen molar-refractivity contribution in [3.05, 3.63) is 23.8 Å². The van der Waals surface area contributed by atoms with Crippen molar-refractivity contribution in [1.29, 1.82) is 0 Å². The molecule has 0 spiro atoms. The van der Waals surface area contributed by atoms with E-state index in [4.69, 9.17) is 9.84 Å². The summed E-state index contributed by atoms with van der Waals surface area (Å²) in [6.45, 7) is 0.422. The van der Waals surface area contributed by atoms with Gasteiger partial charge in [-0.05, 0) is 36.5 Å². The fourth-order valence-electron chi connectivity index (χ4n) is 1.96. The number of methoxy groups -OCH3 is 1. The highest BCUT2D eigenvalue weighted by molar-refractivity contribution is 5.74. The molecule has 1 aromatic carbocycles. The van der Waals surface area contributed by atoms with E-state index in [0.29, 0.717) is 12.3 Å². The van der Waals surface area contributed by atoms with Gasteiger partial charge in [0.05, 0.1) is 7.11 Å². The smallest absolute Gasteiger partial charge is 0.320 e. The van der Waals surface area contributed by atoms with Gasteiger partial charge in [-0.2, -0.15) is 0 Å². The first kappa shape index (κ1) is 12.7. The molecule has 1 aromatic rings. The molecule has 2 rings (SSSR count). The number of phenols is 1. The van der Waals surface area contributed by atoms with Crippen molar-refractivity contribution in [2.24, 2.45) is 5.92 Å². The van der Waals surface area contributed by atoms with Crippen molar-refractivity contribution in [2.75, 3.05) is 7.11 Å². The molecule has 0 heterocycles. The fraction of sp³-hybridized carbons (Fsp3) is 0.462. The summed E-state index contributed by atoms with van der Waals surface area (Å²) in [5.74, 6) is -0.0876. The number of nitrogens with one attached hydrogen (secondary N) is 1. The molecule has 1 atom stereocenters. The first-order valence-electron chi connectivity index (χ1n) is 5.94. The summed E-state index contributed by atoms with van der Waals surface area (Å²) in [6.07, 6.45) is 1.94. The van der Waals surface area contributed by atoms with Crippen LogP contribution in [0.5, 0.6) is 11.5 Å². The van der Waals surface area contributed by atoms with Crippen LogP contribution < -0.4 is 10.1 Å². The molecule has 0 aliphatic heterocycles. The summed E-state index contributed by atoms with van der Waals surface area (Å²) in [5.41, 5.74) is 0.834. The van der Waals surface area contributed by atoms with E-state index in [-0.39, 0.29) is 11.7 Å². The van der Waals surface area contributed by atoms with E-state index in [1.54, 1.807) is 18.2 Å². The number of hydrogen-bond donors (Lipinski definition) is 3. The zero-order valence-corrected chi connectivity index (χ0v) is 10.2. The van der Waals surface area contributed by atoms with Crippen LogP contribution in [-0.2, 0) is 11.3 Å². The van der Waals surface area contributed by atoms with E-state index in [2.05, 4.69) is 5.32 Å². The normalized spacial score (nSPS) is 16.3. The zero-order valence-electron chi connectivity index (χ0n) is 10.2. The average molecular weight is 251 g/mol. The first-order chi connectivity index (χ1) is 8.61. The molecule has 18 heavy (non-hydrogen) atoms. The Morgan fingerprint density at radius 1 is 1.56 bits per heavy atom. The number of aromatic hydroxyl groups is 1. The van der Waals surface area contributed by atoms with Crippen molar-refractivity contribution < 1.29 is 19.7 Å². The Morgan fingerprint density at radius 3 is 2.78 bits per heavy atom. The summed E-state index contributed by atoms with van der Waals surface area (Å²) < 4.78 is 4.95. The van der Waals surface area contributed by atoms with Crippen LogP contribution in [0.4, 0.5) is 0 Å². The summed E-state index contributed by atoms with van der Waals surface area (Å²) in [7, 11) is 1.49. The Kier molecular flexibility index (Phi) is 3.72. The first-order valence-corrected chi connectivity index (χ1v) is 5.94. The van der Waals surface area contributed by atoms with Crippen molar-refractivity contribution in [1.82, 2.24) is 5.32 Å². The van der Waals surface area contributed by atoms with Gasteiger partial charge in [-0.15, -0.1) is 0 Å². The number of rotatable bonds is 6. The molecule has 0 radical (unpaired) electrons. The molecule has 0 bridgehead atoms. The summed E-state index contributed by atoms with van der Waals surface area (Å²) in [4.78, 5) is 11.0. The second-order valence-electron chi connectivity index (χ2n) is 4.54. The van der Waals surface area contributed by atoms with Gasteiger partial charge in [0.1, 0.15) is 6.04 Å². The molecule has 1 unspecified atom stereocenters. The van der Waals surface area contributed by atoms with E-state index in [1.165, 1.54) is 7.11 Å². The maximum atomic E-state index is 11.0. The molecule has 0 aromatic heterocycles. The molecular formula is C13H17NO4. The molecule has 0 saturated heterocycles. The Hall–Kier alpha value is -1.75. The van der Waals surface area contributed by atoms with Gasteiger partial charge in [0.15, 0.2) is 11.5 Å². The zero-order chi connectivity index (χ0) is 13.1. The summed E-state index contributed by atoms with van der Waals surface area (Å²) >= 11 is 0. The SMILES string of the molecule is COc1ccc(CNC(C(=O)O)C2CC2)cc1O. The van der Waals surface area contributed by atoms with Crippen LogP contribution >= 0.6 is 0 Å². The molecule has 5 heteroatoms. The number of carboxylic acid groups (broad SMARTS) is 1. The lowest BCUT2D eigenvalue weighted by Crippen LogP contribution is -2.38. The van der Waals surface area contributed by atoms with E-state index in [1.807, 2.05) is 0 Å². The van der Waals surface area contributed by atoms with Gasteiger partial charge >= 0.3 is 5.97 Å². The van der Waals surface area contributed by atoms with E-state index in [9.17, 15) is 9.90 Å². The number of benzene rings is 1. The highest BCUT2D eigenvalue weighted by Crippen LogP contribution is 2.33. The Morgan fingerprint density at radius 2 is 2.28 bits per heavy atom. The minimum atomic E-state index is -0.810. The third kappa shape index (κ3) is 2.92. The minimum Gasteiger partial charge on any atom is -0.504 e. The highest BCUT2D eigenvalue weighted by atomic mass is 16.5. The van der Waals surface area contributed by atoms with Crippen molar-refractivity contribution in [3.63, 3.8) is 0 Å². The molecule has 98 valence electrons. The topological polar surface area (TPSA) is 78.8 Å². The molecular weight excluding hydrogens is 234 g/mol. The summed E-state index contributed by atoms with van der Waals surface area (Å²) in [6, 6.07) is 4.56. The van der Waals surface area contributed by atoms with E-state index < -0.39 is 12.0 Å². The second-order valence-corrected chi connectivity index (χ2v) is 4.54. The lowest BCUT2D eigenvalue weighted by molar-refractivity contribution is -0.140. The largest absolute Gasteiger partial charge is 0.504 e. The molecule has 5 nitrogen and oxygen atoms in total. The molecule has 1 aliphatic carbocycles. The molecule has 0 amide bonds. The highest BCUT2D eigenvalue weighted by Gasteiger charge is 2.35. The van der Waals surface area contributed by atoms with Gasteiger partial charge in [0, 0.05) is 6.54 Å². The average Bonchev–Trinajstić information content (AvgIpc) is 3.13. The fourth-order valence-corrected chi connectivity index (χ4v) is 1.96. The number of carboxylic acids is 1. The second kappa shape index (κ2) is 5.27. The van der Waals surface area contributed by atoms with Gasteiger partial charge in [-0.25, -0.2) is 0 Å². The van der Waals surface area contributed by atoms with E-state index in [0.717, 1.165) is 18.4 Å². The van der Waals surface area contributed by atoms with Crippen molar-refractivity contribution in [2.45, 2.75) is 25.4 Å². The number of phenolic OH excluding ortho intramolecular Hbond substituents is 1. The molecule has 1 aliphatic rings. The van der Waals surface area contributed by atoms with E-state index >= 15 is 0 Å². The van der Waals surface area contributed by atoms with Gasteiger partial charge in [0.25, 0.3) is 0 Å². The Labute approximate surface area is 105 Å². The van der Waals surface area contributed by atoms with Crippen molar-refractivity contribution in [3.8, 4) is 11.5 Å². The maximum absolute atomic E-state index is 11.0. The van der Waals surface area contributed by atoms with Gasteiger partial charge in [0.2, 0.25) is 0 Å². The predicted molar refractivity (Wildman–Crippen MR) is 65.6 cm³/mol. The van der Waals surface area contributed by atoms with Crippen LogP contribution in [-0.4, -0.2) is 29.3 Å². The van der Waals surface area contributed by atoms with Crippen LogP contribution in [0.15, 0.2) is 18.2 Å². The third-order valence-corrected chi connectivity index (χ3v) is 3.13. The van der Waals surface area contributed by atoms with Gasteiger partial charge < -0.3 is 20.3 Å². The Bertz CT molecular complexity index is 443. The van der Waals surface area contributed by atoms with Crippen LogP contribution in [0.1, 0.15) is 18.4 Å². The number of carbonyl (C=O) groups is 1. The van der Waals surface area contributed by atoms with Crippen LogP contribution in [0.2, 0.25) is 0 Å². The minimum absolute atomic E-state index is 0.0649. The summed E-state index contributed by atoms with van der Waals surface area (Å²) in [5, 5.41) is 21.7. The lowest BCUT2D eigenvalue weighted by atomic mass is 10.1. The third-order valence-electron chi connectivity index (χ3n) is 3.13. The van der Waals surface area contributed by atoms with Crippen molar-refractivity contribution >= 4 is 5.97 Å². The maximum Gasteiger partial charge on any atom is 0.320 e. The number of ether oxygens (including phenoxy) is 1. The van der Waals surface area contributed by atoms with Gasteiger partial charge in [-0.1, -0.05) is 6.07 Å². The monoisotopic (exact) mass is 251 g/mol. The van der Waals surface area contributed by atoms with Crippen LogP contribution in [0.3, 0.4) is 0 Å². The molecule has 1 saturated carbocycles. The standard InChI is InChI=1S/C13H17NO4/c1-18-11-5-2-8(6-10(11)15)7-14-12(13(16)17)9-3-4-9/h2,5-6,9,12,14-15H,3-4,7H2,1H3,(H,16,17). The van der Waals surface area contributed by atoms with Crippen LogP contribution in [0.25, 0.3) is 0 Å².